The Bertz CT molecular complexity index is 2890. The molecule has 7 aromatic rings. The smallest absolute Gasteiger partial charge is 0.118 e. The Labute approximate surface area is 349 Å². The topological polar surface area (TPSA) is 94.3 Å². The van der Waals surface area contributed by atoms with Crippen molar-refractivity contribution in [2.45, 2.75) is 25.7 Å². The molecule has 5 heterocycles. The second kappa shape index (κ2) is 16.9. The number of hydrogen-bond acceptors (Lipinski definition) is 6. The number of H-pyrrole nitrogens is 2. The summed E-state index contributed by atoms with van der Waals surface area (Å²) in [4.78, 5) is 18.2. The zero-order chi connectivity index (χ0) is 41.0. The third-order valence-corrected chi connectivity index (χ3v) is 11.2. The Balaban J connectivity index is 1.37. The average Bonchev–Trinajstić information content (AvgIpc) is 4.09. The summed E-state index contributed by atoms with van der Waals surface area (Å²) in [6.45, 7) is 0. The van der Waals surface area contributed by atoms with E-state index in [-0.39, 0.29) is 0 Å². The van der Waals surface area contributed by atoms with Crippen LogP contribution in [0, 0.1) is 0 Å². The lowest BCUT2D eigenvalue weighted by atomic mass is 9.91. The molecule has 0 saturated heterocycles. The SMILES string of the molecule is COc1ccc(CC2=Cc3cc4ccc(cc5nc(cc6[nH]c(c(Cc7ccc(OC)cc7)c2n3)c(Cc2ccc(OC)cc2)c6Cc2ccc(OC)cc2)C=C5)[nH]4)cc1. The third-order valence-electron chi connectivity index (χ3n) is 11.2. The summed E-state index contributed by atoms with van der Waals surface area (Å²) in [6, 6.07) is 44.0. The third kappa shape index (κ3) is 8.31. The highest BCUT2D eigenvalue weighted by Crippen LogP contribution is 2.36. The molecule has 0 amide bonds. The van der Waals surface area contributed by atoms with Crippen molar-refractivity contribution < 1.29 is 18.9 Å². The molecular formula is C52H46N4O4. The molecule has 0 saturated carbocycles. The molecule has 0 spiro atoms. The average molecular weight is 791 g/mol. The van der Waals surface area contributed by atoms with Gasteiger partial charge < -0.3 is 28.9 Å². The van der Waals surface area contributed by atoms with Crippen molar-refractivity contribution in [2.24, 2.45) is 0 Å². The fourth-order valence-corrected chi connectivity index (χ4v) is 8.04. The van der Waals surface area contributed by atoms with E-state index in [2.05, 4.69) is 107 Å². The van der Waals surface area contributed by atoms with Gasteiger partial charge in [-0.2, -0.15) is 0 Å². The maximum absolute atomic E-state index is 5.58. The number of methoxy groups -OCH3 is 4. The van der Waals surface area contributed by atoms with Gasteiger partial charge in [0.2, 0.25) is 0 Å². The molecule has 2 aliphatic rings. The number of aromatic amines is 2. The van der Waals surface area contributed by atoms with Crippen molar-refractivity contribution in [3.63, 3.8) is 0 Å². The van der Waals surface area contributed by atoms with Gasteiger partial charge in [0.25, 0.3) is 0 Å². The Hall–Kier alpha value is -7.32. The number of hydrogen-bond donors (Lipinski definition) is 2. The predicted octanol–water partition coefficient (Wildman–Crippen LogP) is 11.1. The summed E-state index contributed by atoms with van der Waals surface area (Å²) in [5.74, 6) is 3.28. The van der Waals surface area contributed by atoms with Gasteiger partial charge >= 0.3 is 0 Å². The van der Waals surface area contributed by atoms with Crippen molar-refractivity contribution in [3.05, 3.63) is 189 Å². The van der Waals surface area contributed by atoms with Gasteiger partial charge in [-0.15, -0.1) is 0 Å². The molecule has 0 aliphatic carbocycles. The van der Waals surface area contributed by atoms with Crippen LogP contribution in [0.25, 0.3) is 45.9 Å². The minimum absolute atomic E-state index is 0.619. The standard InChI is InChI=1S/C52H46N4O4/c1-57-43-17-5-33(6-18-43)25-37-29-42-31-40-14-13-38(53-40)30-39-15-16-41(54-39)32-50-47(26-34-7-19-44(58-2)20-8-34)48(27-35-9-21-45(59-3)22-10-35)52(56-50)49(51(37)55-42)28-36-11-23-46(60-4)24-12-36/h5-24,29-32,53,56H,25-28H2,1-4H3. The van der Waals surface area contributed by atoms with Crippen LogP contribution in [0.3, 0.4) is 0 Å². The molecule has 8 heteroatoms. The zero-order valence-corrected chi connectivity index (χ0v) is 34.2. The van der Waals surface area contributed by atoms with Crippen LogP contribution in [0.15, 0.2) is 127 Å². The largest absolute Gasteiger partial charge is 0.497 e. The van der Waals surface area contributed by atoms with E-state index in [4.69, 9.17) is 28.9 Å². The molecule has 2 aliphatic heterocycles. The second-order valence-corrected chi connectivity index (χ2v) is 15.1. The van der Waals surface area contributed by atoms with Gasteiger partial charge in [0.1, 0.15) is 23.0 Å². The van der Waals surface area contributed by atoms with Crippen LogP contribution in [0.1, 0.15) is 61.7 Å². The number of benzene rings is 4. The minimum Gasteiger partial charge on any atom is -0.497 e. The van der Waals surface area contributed by atoms with Crippen molar-refractivity contribution >= 4 is 45.9 Å². The van der Waals surface area contributed by atoms with Gasteiger partial charge in [-0.05, 0) is 155 Å². The van der Waals surface area contributed by atoms with Gasteiger partial charge in [-0.1, -0.05) is 48.5 Å². The van der Waals surface area contributed by atoms with Crippen LogP contribution in [0.4, 0.5) is 0 Å². The quantitative estimate of drug-likeness (QED) is 0.128. The highest BCUT2D eigenvalue weighted by molar-refractivity contribution is 5.89. The number of aromatic nitrogens is 4. The summed E-state index contributed by atoms with van der Waals surface area (Å²) in [7, 11) is 6.80. The Kier molecular flexibility index (Phi) is 10.7. The molecule has 60 heavy (non-hydrogen) atoms. The first-order valence-corrected chi connectivity index (χ1v) is 20.1. The molecule has 9 rings (SSSR count). The molecule has 8 bridgehead atoms. The van der Waals surface area contributed by atoms with Gasteiger partial charge in [0, 0.05) is 34.1 Å². The van der Waals surface area contributed by atoms with Gasteiger partial charge in [0.15, 0.2) is 0 Å². The lowest BCUT2D eigenvalue weighted by Gasteiger charge is -2.13. The summed E-state index contributed by atoms with van der Waals surface area (Å²) >= 11 is 0. The van der Waals surface area contributed by atoms with Crippen LogP contribution in [0.2, 0.25) is 0 Å². The Morgan fingerprint density at radius 3 is 1.35 bits per heavy atom. The van der Waals surface area contributed by atoms with Gasteiger partial charge in [-0.25, -0.2) is 9.97 Å². The van der Waals surface area contributed by atoms with E-state index in [0.29, 0.717) is 25.7 Å². The lowest BCUT2D eigenvalue weighted by molar-refractivity contribution is 0.414. The number of nitrogens with zero attached hydrogens (tertiary/aromatic N) is 2. The van der Waals surface area contributed by atoms with E-state index in [9.17, 15) is 0 Å². The number of fused-ring (bicyclic) bond motifs is 8. The van der Waals surface area contributed by atoms with Crippen LogP contribution in [0.5, 0.6) is 23.0 Å². The molecule has 3 aromatic heterocycles. The van der Waals surface area contributed by atoms with Crippen molar-refractivity contribution in [2.75, 3.05) is 28.4 Å². The molecule has 0 fully saturated rings. The maximum atomic E-state index is 5.58. The first-order chi connectivity index (χ1) is 29.4. The van der Waals surface area contributed by atoms with E-state index in [1.807, 2.05) is 48.5 Å². The molecule has 0 radical (unpaired) electrons. The van der Waals surface area contributed by atoms with Gasteiger partial charge in [-0.3, -0.25) is 0 Å². The van der Waals surface area contributed by atoms with E-state index in [1.54, 1.807) is 28.4 Å². The molecule has 4 aromatic carbocycles. The van der Waals surface area contributed by atoms with Crippen molar-refractivity contribution in [1.82, 2.24) is 19.9 Å². The number of allylic oxidation sites excluding steroid dienone is 1. The molecule has 0 unspecified atom stereocenters. The number of ether oxygens (including phenoxy) is 4. The van der Waals surface area contributed by atoms with Crippen LogP contribution >= 0.6 is 0 Å². The van der Waals surface area contributed by atoms with E-state index < -0.39 is 0 Å². The van der Waals surface area contributed by atoms with E-state index >= 15 is 0 Å². The van der Waals surface area contributed by atoms with Gasteiger partial charge in [0.05, 0.1) is 51.2 Å². The zero-order valence-electron chi connectivity index (χ0n) is 34.2. The molecule has 2 N–H and O–H groups in total. The Morgan fingerprint density at radius 1 is 0.417 bits per heavy atom. The highest BCUT2D eigenvalue weighted by Gasteiger charge is 2.23. The molecular weight excluding hydrogens is 745 g/mol. The van der Waals surface area contributed by atoms with E-state index in [0.717, 1.165) is 84.5 Å². The Morgan fingerprint density at radius 2 is 0.850 bits per heavy atom. The van der Waals surface area contributed by atoms with Crippen molar-refractivity contribution in [1.29, 1.82) is 0 Å². The lowest BCUT2D eigenvalue weighted by Crippen LogP contribution is -2.01. The minimum atomic E-state index is 0.619. The molecule has 8 nitrogen and oxygen atoms in total. The van der Waals surface area contributed by atoms with Crippen LogP contribution in [-0.4, -0.2) is 48.4 Å². The fourth-order valence-electron chi connectivity index (χ4n) is 8.04. The number of rotatable bonds is 12. The second-order valence-electron chi connectivity index (χ2n) is 15.1. The predicted molar refractivity (Wildman–Crippen MR) is 242 cm³/mol. The monoisotopic (exact) mass is 790 g/mol. The van der Waals surface area contributed by atoms with Crippen LogP contribution in [-0.2, 0) is 25.7 Å². The molecule has 0 atom stereocenters. The first-order valence-electron chi connectivity index (χ1n) is 20.1. The highest BCUT2D eigenvalue weighted by atomic mass is 16.5. The van der Waals surface area contributed by atoms with E-state index in [1.165, 1.54) is 27.8 Å². The summed E-state index contributed by atoms with van der Waals surface area (Å²) in [5.41, 5.74) is 16.8. The first kappa shape index (κ1) is 38.2. The van der Waals surface area contributed by atoms with Crippen molar-refractivity contribution in [3.8, 4) is 23.0 Å². The summed E-state index contributed by atoms with van der Waals surface area (Å²) in [6.07, 6.45) is 9.04. The normalized spacial score (nSPS) is 12.0. The maximum Gasteiger partial charge on any atom is 0.118 e. The molecule has 298 valence electrons. The fraction of sp³-hybridized carbons (Fsp3) is 0.154. The summed E-state index contributed by atoms with van der Waals surface area (Å²) < 4.78 is 22.2. The summed E-state index contributed by atoms with van der Waals surface area (Å²) in [5, 5.41) is 0. The number of nitrogens with one attached hydrogen (secondary N) is 2. The van der Waals surface area contributed by atoms with Crippen LogP contribution < -0.4 is 18.9 Å².